The minimum Gasteiger partial charge on any atom is -0.495 e. The number of benzene rings is 2. The third-order valence-electron chi connectivity index (χ3n) is 5.10. The van der Waals surface area contributed by atoms with E-state index in [1.165, 1.54) is 19.1 Å². The van der Waals surface area contributed by atoms with Crippen LogP contribution < -0.4 is 14.4 Å². The number of hydrogen-bond acceptors (Lipinski definition) is 8. The topological polar surface area (TPSA) is 104 Å². The lowest BCUT2D eigenvalue weighted by atomic mass is 10.1. The summed E-state index contributed by atoms with van der Waals surface area (Å²) in [6.45, 7) is -0.0850. The molecule has 0 bridgehead atoms. The molecule has 0 spiro atoms. The van der Waals surface area contributed by atoms with Crippen LogP contribution in [0.15, 0.2) is 40.8 Å². The number of nitrogens with zero attached hydrogens (tertiary/aromatic N) is 3. The largest absolute Gasteiger partial charge is 0.495 e. The molecule has 2 aromatic carbocycles. The zero-order chi connectivity index (χ0) is 23.5. The van der Waals surface area contributed by atoms with Crippen LogP contribution in [-0.2, 0) is 20.9 Å². The van der Waals surface area contributed by atoms with Gasteiger partial charge in [0.25, 0.3) is 5.89 Å². The van der Waals surface area contributed by atoms with Gasteiger partial charge in [0.15, 0.2) is 6.61 Å². The Bertz CT molecular complexity index is 1180. The lowest BCUT2D eigenvalue weighted by Gasteiger charge is -2.20. The van der Waals surface area contributed by atoms with Crippen LogP contribution >= 0.6 is 23.2 Å². The summed E-state index contributed by atoms with van der Waals surface area (Å²) in [6.07, 6.45) is -0.00844. The van der Waals surface area contributed by atoms with Crippen LogP contribution in [0.2, 0.25) is 10.0 Å². The number of amides is 1. The molecule has 0 aliphatic carbocycles. The van der Waals surface area contributed by atoms with Gasteiger partial charge in [-0.2, -0.15) is 0 Å². The first kappa shape index (κ1) is 22.9. The molecule has 0 N–H and O–H groups in total. The lowest BCUT2D eigenvalue weighted by Crippen LogP contribution is -2.27. The first-order valence-corrected chi connectivity index (χ1v) is 10.6. The van der Waals surface area contributed by atoms with Gasteiger partial charge in [-0.1, -0.05) is 23.2 Å². The number of aromatic nitrogens is 2. The standard InChI is InChI=1S/C22H19Cl2N3O6/c1-30-17-9-18(31-2)16(8-15(17)24)27-10-13(7-20(27)28)22(29)32-11-19-25-26-21(33-19)12-3-5-14(23)6-4-12/h3-6,8-9,13H,7,10-11H2,1-2H3. The van der Waals surface area contributed by atoms with Gasteiger partial charge in [0.1, 0.15) is 11.5 Å². The summed E-state index contributed by atoms with van der Waals surface area (Å²) in [6, 6.07) is 10.0. The van der Waals surface area contributed by atoms with E-state index in [4.69, 9.17) is 41.8 Å². The van der Waals surface area contributed by atoms with Gasteiger partial charge >= 0.3 is 5.97 Å². The van der Waals surface area contributed by atoms with Crippen molar-refractivity contribution in [1.29, 1.82) is 0 Å². The molecule has 1 saturated heterocycles. The van der Waals surface area contributed by atoms with Gasteiger partial charge in [-0.15, -0.1) is 10.2 Å². The Morgan fingerprint density at radius 2 is 1.85 bits per heavy atom. The molecule has 0 radical (unpaired) electrons. The maximum atomic E-state index is 12.6. The van der Waals surface area contributed by atoms with Crippen molar-refractivity contribution in [2.24, 2.45) is 5.92 Å². The van der Waals surface area contributed by atoms with E-state index in [0.717, 1.165) is 0 Å². The Morgan fingerprint density at radius 1 is 1.12 bits per heavy atom. The van der Waals surface area contributed by atoms with Crippen molar-refractivity contribution in [3.05, 3.63) is 52.3 Å². The molecule has 11 heteroatoms. The van der Waals surface area contributed by atoms with Crippen LogP contribution in [0.25, 0.3) is 11.5 Å². The van der Waals surface area contributed by atoms with E-state index in [9.17, 15) is 9.59 Å². The Labute approximate surface area is 199 Å². The molecule has 1 unspecified atom stereocenters. The zero-order valence-electron chi connectivity index (χ0n) is 17.7. The van der Waals surface area contributed by atoms with Crippen LogP contribution in [0.3, 0.4) is 0 Å². The third kappa shape index (κ3) is 4.89. The normalized spacial score (nSPS) is 15.6. The number of carbonyl (C=O) groups excluding carboxylic acids is 2. The fraction of sp³-hybridized carbons (Fsp3) is 0.273. The number of methoxy groups -OCH3 is 2. The highest BCUT2D eigenvalue weighted by Gasteiger charge is 2.38. The fourth-order valence-electron chi connectivity index (χ4n) is 3.43. The number of rotatable bonds is 7. The molecule has 1 aliphatic rings. The highest BCUT2D eigenvalue weighted by atomic mass is 35.5. The second kappa shape index (κ2) is 9.68. The molecule has 2 heterocycles. The average molecular weight is 492 g/mol. The Balaban J connectivity index is 1.40. The molecular weight excluding hydrogens is 473 g/mol. The van der Waals surface area contributed by atoms with Crippen molar-refractivity contribution in [3.63, 3.8) is 0 Å². The van der Waals surface area contributed by atoms with Gasteiger partial charge in [-0.25, -0.2) is 0 Å². The number of hydrogen-bond donors (Lipinski definition) is 0. The predicted molar refractivity (Wildman–Crippen MR) is 120 cm³/mol. The SMILES string of the molecule is COc1cc(OC)c(N2CC(C(=O)OCc3nnc(-c4ccc(Cl)cc4)o3)CC2=O)cc1Cl. The second-order valence-electron chi connectivity index (χ2n) is 7.18. The first-order chi connectivity index (χ1) is 15.9. The van der Waals surface area contributed by atoms with Crippen molar-refractivity contribution < 1.29 is 28.2 Å². The zero-order valence-corrected chi connectivity index (χ0v) is 19.2. The van der Waals surface area contributed by atoms with Crippen molar-refractivity contribution in [3.8, 4) is 23.0 Å². The van der Waals surface area contributed by atoms with Crippen LogP contribution in [0, 0.1) is 5.92 Å². The summed E-state index contributed by atoms with van der Waals surface area (Å²) >= 11 is 12.1. The van der Waals surface area contributed by atoms with Gasteiger partial charge in [0.05, 0.1) is 30.8 Å². The van der Waals surface area contributed by atoms with Gasteiger partial charge in [-0.3, -0.25) is 9.59 Å². The summed E-state index contributed by atoms with van der Waals surface area (Å²) in [4.78, 5) is 26.7. The molecule has 1 amide bonds. The monoisotopic (exact) mass is 491 g/mol. The predicted octanol–water partition coefficient (Wildman–Crippen LogP) is 4.16. The number of esters is 1. The summed E-state index contributed by atoms with van der Waals surface area (Å²) in [5.74, 6) is -0.227. The maximum absolute atomic E-state index is 12.6. The number of carbonyl (C=O) groups is 2. The van der Waals surface area contributed by atoms with Crippen LogP contribution in [0.1, 0.15) is 12.3 Å². The molecule has 1 aromatic heterocycles. The highest BCUT2D eigenvalue weighted by Crippen LogP contribution is 2.40. The number of halogens is 2. The van der Waals surface area contributed by atoms with E-state index in [1.807, 2.05) is 0 Å². The van der Waals surface area contributed by atoms with E-state index in [-0.39, 0.29) is 37.3 Å². The maximum Gasteiger partial charge on any atom is 0.311 e. The van der Waals surface area contributed by atoms with Crippen molar-refractivity contribution >= 4 is 40.8 Å². The van der Waals surface area contributed by atoms with Crippen LogP contribution in [0.5, 0.6) is 11.5 Å². The molecular formula is C22H19Cl2N3O6. The smallest absolute Gasteiger partial charge is 0.311 e. The van der Waals surface area contributed by atoms with E-state index in [2.05, 4.69) is 10.2 Å². The van der Waals surface area contributed by atoms with Crippen molar-refractivity contribution in [2.75, 3.05) is 25.7 Å². The Hall–Kier alpha value is -3.30. The Morgan fingerprint density at radius 3 is 2.55 bits per heavy atom. The lowest BCUT2D eigenvalue weighted by molar-refractivity contribution is -0.150. The number of anilines is 1. The Kier molecular flexibility index (Phi) is 6.71. The fourth-order valence-corrected chi connectivity index (χ4v) is 3.79. The molecule has 9 nitrogen and oxygen atoms in total. The molecule has 172 valence electrons. The van der Waals surface area contributed by atoms with Crippen LogP contribution in [0.4, 0.5) is 5.69 Å². The highest BCUT2D eigenvalue weighted by molar-refractivity contribution is 6.32. The van der Waals surface area contributed by atoms with Gasteiger partial charge in [0, 0.05) is 29.6 Å². The van der Waals surface area contributed by atoms with Gasteiger partial charge < -0.3 is 23.5 Å². The van der Waals surface area contributed by atoms with E-state index in [1.54, 1.807) is 36.4 Å². The molecule has 1 fully saturated rings. The molecule has 1 aliphatic heterocycles. The van der Waals surface area contributed by atoms with E-state index in [0.29, 0.717) is 32.8 Å². The quantitative estimate of drug-likeness (QED) is 0.453. The first-order valence-electron chi connectivity index (χ1n) is 9.86. The molecule has 3 aromatic rings. The van der Waals surface area contributed by atoms with E-state index < -0.39 is 11.9 Å². The molecule has 1 atom stereocenters. The molecule has 0 saturated carbocycles. The van der Waals surface area contributed by atoms with Gasteiger partial charge in [0.2, 0.25) is 11.8 Å². The van der Waals surface area contributed by atoms with Crippen molar-refractivity contribution in [1.82, 2.24) is 10.2 Å². The summed E-state index contributed by atoms with van der Waals surface area (Å²) in [5, 5.41) is 8.74. The average Bonchev–Trinajstić information content (AvgIpc) is 3.44. The third-order valence-corrected chi connectivity index (χ3v) is 5.65. The summed E-state index contributed by atoms with van der Waals surface area (Å²) < 4.78 is 21.4. The molecule has 4 rings (SSSR count). The van der Waals surface area contributed by atoms with Crippen LogP contribution in [-0.4, -0.2) is 42.8 Å². The second-order valence-corrected chi connectivity index (χ2v) is 8.02. The van der Waals surface area contributed by atoms with Gasteiger partial charge in [-0.05, 0) is 30.3 Å². The molecule has 33 heavy (non-hydrogen) atoms. The van der Waals surface area contributed by atoms with Crippen molar-refractivity contribution in [2.45, 2.75) is 13.0 Å². The summed E-state index contributed by atoms with van der Waals surface area (Å²) in [5.41, 5.74) is 1.14. The minimum absolute atomic E-state index is 0.00844. The number of ether oxygens (including phenoxy) is 3. The van der Waals surface area contributed by atoms with E-state index >= 15 is 0 Å². The summed E-state index contributed by atoms with van der Waals surface area (Å²) in [7, 11) is 2.95. The minimum atomic E-state index is -0.665.